The molecule has 2 aromatic heterocycles. The first-order valence-corrected chi connectivity index (χ1v) is 11.3. The van der Waals surface area contributed by atoms with Gasteiger partial charge in [-0.3, -0.25) is 5.32 Å². The molecule has 0 spiro atoms. The average molecular weight is 420 g/mol. The van der Waals surface area contributed by atoms with Crippen LogP contribution in [0.3, 0.4) is 0 Å². The van der Waals surface area contributed by atoms with Crippen LogP contribution in [0.1, 0.15) is 63.5 Å². The zero-order valence-electron chi connectivity index (χ0n) is 18.9. The number of carbonyl (C=O) groups is 1. The molecule has 3 aromatic rings. The second kappa shape index (κ2) is 9.10. The Labute approximate surface area is 184 Å². The first kappa shape index (κ1) is 21.4. The van der Waals surface area contributed by atoms with Crippen molar-refractivity contribution in [3.8, 4) is 0 Å². The summed E-state index contributed by atoms with van der Waals surface area (Å²) in [4.78, 5) is 23.2. The molecule has 0 unspecified atom stereocenters. The van der Waals surface area contributed by atoms with Gasteiger partial charge in [0.25, 0.3) is 0 Å². The molecule has 0 bridgehead atoms. The third kappa shape index (κ3) is 4.90. The fraction of sp³-hybridized carbons (Fsp3) is 0.440. The van der Waals surface area contributed by atoms with Crippen LogP contribution in [-0.4, -0.2) is 40.0 Å². The zero-order valence-corrected chi connectivity index (χ0v) is 18.9. The summed E-state index contributed by atoms with van der Waals surface area (Å²) in [5.41, 5.74) is 5.20. The van der Waals surface area contributed by atoms with E-state index in [1.54, 1.807) is 0 Å². The van der Waals surface area contributed by atoms with Gasteiger partial charge in [-0.2, -0.15) is 0 Å². The van der Waals surface area contributed by atoms with Crippen LogP contribution >= 0.6 is 0 Å². The van der Waals surface area contributed by atoms with Crippen LogP contribution in [0.4, 0.5) is 16.3 Å². The van der Waals surface area contributed by atoms with Gasteiger partial charge in [0.15, 0.2) is 0 Å². The van der Waals surface area contributed by atoms with Crippen LogP contribution in [0.15, 0.2) is 42.6 Å². The molecule has 1 aliphatic heterocycles. The van der Waals surface area contributed by atoms with Crippen molar-refractivity contribution in [2.75, 3.05) is 23.7 Å². The molecule has 164 valence electrons. The predicted octanol–water partition coefficient (Wildman–Crippen LogP) is 5.92. The predicted molar refractivity (Wildman–Crippen MR) is 128 cm³/mol. The fourth-order valence-electron chi connectivity index (χ4n) is 4.38. The number of nitrogens with zero attached hydrogens (tertiary/aromatic N) is 2. The number of fused-ring (bicyclic) bond motifs is 1. The number of piperidine rings is 1. The number of urea groups is 1. The highest BCUT2D eigenvalue weighted by Crippen LogP contribution is 2.33. The monoisotopic (exact) mass is 419 g/mol. The van der Waals surface area contributed by atoms with Crippen molar-refractivity contribution in [1.82, 2.24) is 14.9 Å². The molecule has 1 fully saturated rings. The Hall–Kier alpha value is -2.86. The summed E-state index contributed by atoms with van der Waals surface area (Å²) < 4.78 is 0. The van der Waals surface area contributed by atoms with E-state index >= 15 is 0 Å². The number of hydrogen-bond acceptors (Lipinski definition) is 3. The van der Waals surface area contributed by atoms with Gasteiger partial charge in [-0.1, -0.05) is 26.0 Å². The highest BCUT2D eigenvalue weighted by Gasteiger charge is 2.24. The minimum absolute atomic E-state index is 0.282. The van der Waals surface area contributed by atoms with E-state index in [0.29, 0.717) is 23.7 Å². The molecule has 0 atom stereocenters. The summed E-state index contributed by atoms with van der Waals surface area (Å²) in [6.07, 6.45) is 4.36. The Kier molecular flexibility index (Phi) is 6.28. The molecule has 1 aliphatic rings. The number of likely N-dealkylation sites (tertiary alicyclic amines) is 1. The largest absolute Gasteiger partial charge is 0.360 e. The molecule has 3 heterocycles. The van der Waals surface area contributed by atoms with Gasteiger partial charge in [0.1, 0.15) is 5.82 Å². The summed E-state index contributed by atoms with van der Waals surface area (Å²) in [5, 5.41) is 5.81. The molecule has 4 rings (SSSR count). The second-order valence-corrected chi connectivity index (χ2v) is 9.10. The van der Waals surface area contributed by atoms with Crippen molar-refractivity contribution < 1.29 is 4.79 Å². The number of anilines is 2. The number of rotatable bonds is 5. The Bertz CT molecular complexity index is 1050. The lowest BCUT2D eigenvalue weighted by Crippen LogP contribution is -2.37. The second-order valence-electron chi connectivity index (χ2n) is 9.10. The lowest BCUT2D eigenvalue weighted by Gasteiger charge is -2.34. The maximum Gasteiger partial charge on any atom is 0.324 e. The molecule has 0 radical (unpaired) electrons. The Morgan fingerprint density at radius 1 is 1.10 bits per heavy atom. The van der Waals surface area contributed by atoms with Crippen LogP contribution in [-0.2, 0) is 0 Å². The molecule has 6 nitrogen and oxygen atoms in total. The molecule has 1 saturated heterocycles. The summed E-state index contributed by atoms with van der Waals surface area (Å²) in [5.74, 6) is 1.47. The van der Waals surface area contributed by atoms with E-state index < -0.39 is 0 Å². The van der Waals surface area contributed by atoms with Gasteiger partial charge in [0.2, 0.25) is 0 Å². The highest BCUT2D eigenvalue weighted by molar-refractivity contribution is 5.99. The van der Waals surface area contributed by atoms with Gasteiger partial charge >= 0.3 is 6.03 Å². The molecule has 6 heteroatoms. The fourth-order valence-corrected chi connectivity index (χ4v) is 4.38. The number of benzene rings is 1. The number of H-pyrrole nitrogens is 1. The Morgan fingerprint density at radius 2 is 1.87 bits per heavy atom. The summed E-state index contributed by atoms with van der Waals surface area (Å²) in [6, 6.07) is 12.1. The van der Waals surface area contributed by atoms with Gasteiger partial charge in [-0.25, -0.2) is 9.78 Å². The Morgan fingerprint density at radius 3 is 2.58 bits per heavy atom. The van der Waals surface area contributed by atoms with E-state index in [1.807, 2.05) is 30.3 Å². The first-order chi connectivity index (χ1) is 14.9. The highest BCUT2D eigenvalue weighted by atomic mass is 16.2. The van der Waals surface area contributed by atoms with Gasteiger partial charge in [-0.15, -0.1) is 0 Å². The first-order valence-electron chi connectivity index (χ1n) is 11.3. The van der Waals surface area contributed by atoms with Gasteiger partial charge in [0, 0.05) is 17.9 Å². The van der Waals surface area contributed by atoms with Crippen molar-refractivity contribution in [2.45, 2.75) is 58.4 Å². The van der Waals surface area contributed by atoms with Crippen LogP contribution in [0.25, 0.3) is 11.0 Å². The number of carbonyl (C=O) groups excluding carboxylic acids is 1. The van der Waals surface area contributed by atoms with E-state index in [4.69, 9.17) is 4.98 Å². The number of hydrogen-bond donors (Lipinski definition) is 3. The number of pyridine rings is 1. The molecule has 0 aliphatic carbocycles. The van der Waals surface area contributed by atoms with Crippen LogP contribution < -0.4 is 10.6 Å². The SMILES string of the molecule is CC(C)c1cccc(NC(=O)Nc2ccc3[nH]cc(C4CCN(C(C)C)CC4)c3n2)c1. The number of aromatic nitrogens is 2. The lowest BCUT2D eigenvalue weighted by molar-refractivity contribution is 0.172. The smallest absolute Gasteiger partial charge is 0.324 e. The zero-order chi connectivity index (χ0) is 22.0. The average Bonchev–Trinajstić information content (AvgIpc) is 3.17. The normalized spacial score (nSPS) is 15.7. The molecule has 31 heavy (non-hydrogen) atoms. The van der Waals surface area contributed by atoms with Gasteiger partial charge < -0.3 is 15.2 Å². The minimum atomic E-state index is -0.282. The Balaban J connectivity index is 1.46. The molecule has 1 aromatic carbocycles. The maximum atomic E-state index is 12.5. The molecule has 0 saturated carbocycles. The number of nitrogens with one attached hydrogen (secondary N) is 3. The molecular formula is C25H33N5O. The van der Waals surface area contributed by atoms with Crippen molar-refractivity contribution >= 4 is 28.6 Å². The summed E-state index contributed by atoms with van der Waals surface area (Å²) in [6.45, 7) is 11.0. The maximum absolute atomic E-state index is 12.5. The van der Waals surface area contributed by atoms with Crippen molar-refractivity contribution in [3.05, 3.63) is 53.7 Å². The van der Waals surface area contributed by atoms with Crippen molar-refractivity contribution in [3.63, 3.8) is 0 Å². The van der Waals surface area contributed by atoms with Crippen LogP contribution in [0.2, 0.25) is 0 Å². The van der Waals surface area contributed by atoms with Gasteiger partial charge in [0.05, 0.1) is 11.0 Å². The van der Waals surface area contributed by atoms with Crippen molar-refractivity contribution in [1.29, 1.82) is 0 Å². The van der Waals surface area contributed by atoms with Crippen LogP contribution in [0, 0.1) is 0 Å². The van der Waals surface area contributed by atoms with E-state index in [2.05, 4.69) is 60.5 Å². The molecular weight excluding hydrogens is 386 g/mol. The molecule has 3 N–H and O–H groups in total. The van der Waals surface area contributed by atoms with E-state index in [1.165, 1.54) is 11.1 Å². The quantitative estimate of drug-likeness (QED) is 0.481. The molecule has 2 amide bonds. The van der Waals surface area contributed by atoms with E-state index in [9.17, 15) is 4.79 Å². The van der Waals surface area contributed by atoms with Gasteiger partial charge in [-0.05, 0) is 87.0 Å². The summed E-state index contributed by atoms with van der Waals surface area (Å²) >= 11 is 0. The van der Waals surface area contributed by atoms with Crippen molar-refractivity contribution in [2.24, 2.45) is 0 Å². The summed E-state index contributed by atoms with van der Waals surface area (Å²) in [7, 11) is 0. The van der Waals surface area contributed by atoms with E-state index in [0.717, 1.165) is 42.7 Å². The standard InChI is InChI=1S/C25H33N5O/c1-16(2)19-6-5-7-20(14-19)27-25(31)29-23-9-8-22-24(28-23)21(15-26-22)18-10-12-30(13-11-18)17(3)4/h5-9,14-18,26H,10-13H2,1-4H3,(H2,27,28,29,31). The minimum Gasteiger partial charge on any atom is -0.360 e. The topological polar surface area (TPSA) is 73.1 Å². The van der Waals surface area contributed by atoms with Crippen LogP contribution in [0.5, 0.6) is 0 Å². The van der Waals surface area contributed by atoms with E-state index in [-0.39, 0.29) is 6.03 Å². The third-order valence-corrected chi connectivity index (χ3v) is 6.30. The number of aromatic amines is 1. The lowest BCUT2D eigenvalue weighted by atomic mass is 9.90. The third-order valence-electron chi connectivity index (χ3n) is 6.30. The number of amides is 2.